The number of carbonyl (C=O) groups is 1. The van der Waals surface area contributed by atoms with Crippen LogP contribution in [0.25, 0.3) is 0 Å². The molecular formula is C13H16N4OS. The SMILES string of the molecule is CSc1ncccc1C(=O)Nc1ccnn1C(C)C. The van der Waals surface area contributed by atoms with E-state index in [1.807, 2.05) is 20.1 Å². The summed E-state index contributed by atoms with van der Waals surface area (Å²) in [6.45, 7) is 4.03. The smallest absolute Gasteiger partial charge is 0.259 e. The molecule has 0 saturated heterocycles. The fourth-order valence-electron chi connectivity index (χ4n) is 1.73. The number of aromatic nitrogens is 3. The van der Waals surface area contributed by atoms with Crippen molar-refractivity contribution in [3.8, 4) is 0 Å². The Kier molecular flexibility index (Phi) is 4.21. The monoisotopic (exact) mass is 276 g/mol. The average Bonchev–Trinajstić information content (AvgIpc) is 2.87. The largest absolute Gasteiger partial charge is 0.307 e. The van der Waals surface area contributed by atoms with Crippen LogP contribution < -0.4 is 5.32 Å². The van der Waals surface area contributed by atoms with Crippen LogP contribution in [0.4, 0.5) is 5.82 Å². The van der Waals surface area contributed by atoms with E-state index in [9.17, 15) is 4.79 Å². The first-order valence-corrected chi connectivity index (χ1v) is 7.20. The first kappa shape index (κ1) is 13.6. The highest BCUT2D eigenvalue weighted by Crippen LogP contribution is 2.19. The lowest BCUT2D eigenvalue weighted by Crippen LogP contribution is -2.17. The normalized spacial score (nSPS) is 10.7. The van der Waals surface area contributed by atoms with Crippen molar-refractivity contribution < 1.29 is 4.79 Å². The molecule has 0 aromatic carbocycles. The highest BCUT2D eigenvalue weighted by molar-refractivity contribution is 7.98. The molecule has 2 rings (SSSR count). The molecule has 5 nitrogen and oxygen atoms in total. The van der Waals surface area contributed by atoms with Gasteiger partial charge in [0.05, 0.1) is 11.8 Å². The molecule has 1 N–H and O–H groups in total. The highest BCUT2D eigenvalue weighted by Gasteiger charge is 2.14. The van der Waals surface area contributed by atoms with Gasteiger partial charge in [-0.1, -0.05) is 0 Å². The van der Waals surface area contributed by atoms with Crippen LogP contribution in [0.5, 0.6) is 0 Å². The van der Waals surface area contributed by atoms with Crippen LogP contribution in [0.2, 0.25) is 0 Å². The van der Waals surface area contributed by atoms with Crippen LogP contribution in [0, 0.1) is 0 Å². The van der Waals surface area contributed by atoms with Gasteiger partial charge in [-0.25, -0.2) is 9.67 Å². The molecule has 2 aromatic rings. The molecule has 0 saturated carbocycles. The highest BCUT2D eigenvalue weighted by atomic mass is 32.2. The number of amides is 1. The summed E-state index contributed by atoms with van der Waals surface area (Å²) in [5.74, 6) is 0.524. The topological polar surface area (TPSA) is 59.8 Å². The maximum Gasteiger partial charge on any atom is 0.259 e. The molecule has 6 heteroatoms. The molecule has 0 aliphatic carbocycles. The molecule has 0 radical (unpaired) electrons. The standard InChI is InChI=1S/C13H16N4OS/c1-9(2)17-11(6-8-15-17)16-12(18)10-5-4-7-14-13(10)19-3/h4-9H,1-3H3,(H,16,18). The van der Waals surface area contributed by atoms with Crippen molar-refractivity contribution in [1.29, 1.82) is 0 Å². The Morgan fingerprint density at radius 2 is 2.16 bits per heavy atom. The molecule has 0 fully saturated rings. The van der Waals surface area contributed by atoms with Gasteiger partial charge >= 0.3 is 0 Å². The van der Waals surface area contributed by atoms with Crippen molar-refractivity contribution in [2.45, 2.75) is 24.9 Å². The Labute approximate surface area is 116 Å². The second-order valence-electron chi connectivity index (χ2n) is 4.27. The van der Waals surface area contributed by atoms with E-state index >= 15 is 0 Å². The minimum absolute atomic E-state index is 0.167. The van der Waals surface area contributed by atoms with E-state index in [0.29, 0.717) is 11.4 Å². The zero-order valence-electron chi connectivity index (χ0n) is 11.1. The first-order chi connectivity index (χ1) is 9.13. The predicted octanol–water partition coefficient (Wildman–Crippen LogP) is 2.83. The van der Waals surface area contributed by atoms with Crippen molar-refractivity contribution in [2.75, 3.05) is 11.6 Å². The number of hydrogen-bond acceptors (Lipinski definition) is 4. The number of carbonyl (C=O) groups excluding carboxylic acids is 1. The predicted molar refractivity (Wildman–Crippen MR) is 76.6 cm³/mol. The first-order valence-electron chi connectivity index (χ1n) is 5.97. The maximum absolute atomic E-state index is 12.3. The third-order valence-corrected chi connectivity index (χ3v) is 3.32. The van der Waals surface area contributed by atoms with Crippen molar-refractivity contribution in [3.05, 3.63) is 36.2 Å². The van der Waals surface area contributed by atoms with Crippen molar-refractivity contribution in [1.82, 2.24) is 14.8 Å². The Morgan fingerprint density at radius 3 is 2.84 bits per heavy atom. The Hall–Kier alpha value is -1.82. The molecule has 1 amide bonds. The molecule has 0 aliphatic rings. The van der Waals surface area contributed by atoms with Gasteiger partial charge in [0.15, 0.2) is 0 Å². The van der Waals surface area contributed by atoms with Crippen molar-refractivity contribution >= 4 is 23.5 Å². The number of thioether (sulfide) groups is 1. The second-order valence-corrected chi connectivity index (χ2v) is 5.06. The lowest BCUT2D eigenvalue weighted by molar-refractivity contribution is 0.102. The van der Waals surface area contributed by atoms with E-state index in [4.69, 9.17) is 0 Å². The Balaban J connectivity index is 2.23. The van der Waals surface area contributed by atoms with Crippen LogP contribution in [-0.2, 0) is 0 Å². The van der Waals surface area contributed by atoms with E-state index < -0.39 is 0 Å². The van der Waals surface area contributed by atoms with Gasteiger partial charge in [0.25, 0.3) is 5.91 Å². The molecule has 0 aliphatic heterocycles. The van der Waals surface area contributed by atoms with Gasteiger partial charge in [0.1, 0.15) is 10.8 Å². The van der Waals surface area contributed by atoms with Gasteiger partial charge in [-0.15, -0.1) is 11.8 Å². The summed E-state index contributed by atoms with van der Waals surface area (Å²) in [6.07, 6.45) is 5.26. The lowest BCUT2D eigenvalue weighted by atomic mass is 10.2. The summed E-state index contributed by atoms with van der Waals surface area (Å²) in [5, 5.41) is 7.78. The summed E-state index contributed by atoms with van der Waals surface area (Å²) in [7, 11) is 0. The number of anilines is 1. The van der Waals surface area contributed by atoms with Crippen LogP contribution in [-0.4, -0.2) is 26.9 Å². The second kappa shape index (κ2) is 5.88. The minimum Gasteiger partial charge on any atom is -0.307 e. The average molecular weight is 276 g/mol. The van der Waals surface area contributed by atoms with Gasteiger partial charge in [-0.2, -0.15) is 5.10 Å². The fraction of sp³-hybridized carbons (Fsp3) is 0.308. The molecule has 2 heterocycles. The number of hydrogen-bond donors (Lipinski definition) is 1. The maximum atomic E-state index is 12.3. The lowest BCUT2D eigenvalue weighted by Gasteiger charge is -2.12. The number of pyridine rings is 1. The van der Waals surface area contributed by atoms with E-state index in [0.717, 1.165) is 5.03 Å². The van der Waals surface area contributed by atoms with E-state index in [1.54, 1.807) is 35.3 Å². The van der Waals surface area contributed by atoms with Crippen molar-refractivity contribution in [3.63, 3.8) is 0 Å². The zero-order chi connectivity index (χ0) is 13.8. The van der Waals surface area contributed by atoms with E-state index in [2.05, 4.69) is 15.4 Å². The molecule has 0 spiro atoms. The summed E-state index contributed by atoms with van der Waals surface area (Å²) in [5.41, 5.74) is 0.575. The minimum atomic E-state index is -0.167. The van der Waals surface area contributed by atoms with Crippen LogP contribution in [0.3, 0.4) is 0 Å². The Morgan fingerprint density at radius 1 is 1.37 bits per heavy atom. The molecule has 2 aromatic heterocycles. The third-order valence-electron chi connectivity index (χ3n) is 2.61. The van der Waals surface area contributed by atoms with Crippen LogP contribution in [0.1, 0.15) is 30.2 Å². The zero-order valence-corrected chi connectivity index (χ0v) is 11.9. The molecule has 100 valence electrons. The number of nitrogens with zero attached hydrogens (tertiary/aromatic N) is 3. The molecule has 19 heavy (non-hydrogen) atoms. The van der Waals surface area contributed by atoms with Gasteiger partial charge in [0.2, 0.25) is 0 Å². The molecule has 0 bridgehead atoms. The van der Waals surface area contributed by atoms with E-state index in [-0.39, 0.29) is 11.9 Å². The third kappa shape index (κ3) is 2.96. The van der Waals surface area contributed by atoms with Gasteiger partial charge in [-0.3, -0.25) is 4.79 Å². The van der Waals surface area contributed by atoms with Crippen LogP contribution >= 0.6 is 11.8 Å². The van der Waals surface area contributed by atoms with Gasteiger partial charge in [0, 0.05) is 18.3 Å². The molecule has 0 atom stereocenters. The summed E-state index contributed by atoms with van der Waals surface area (Å²) < 4.78 is 1.77. The number of rotatable bonds is 4. The van der Waals surface area contributed by atoms with Crippen molar-refractivity contribution in [2.24, 2.45) is 0 Å². The van der Waals surface area contributed by atoms with Crippen LogP contribution in [0.15, 0.2) is 35.6 Å². The number of nitrogens with one attached hydrogen (secondary N) is 1. The fourth-order valence-corrected chi connectivity index (χ4v) is 2.28. The summed E-state index contributed by atoms with van der Waals surface area (Å²) in [6, 6.07) is 5.50. The molecule has 0 unspecified atom stereocenters. The van der Waals surface area contributed by atoms with E-state index in [1.165, 1.54) is 11.8 Å². The summed E-state index contributed by atoms with van der Waals surface area (Å²) >= 11 is 1.45. The Bertz CT molecular complexity index is 580. The molecular weight excluding hydrogens is 260 g/mol. The van der Waals surface area contributed by atoms with Gasteiger partial charge < -0.3 is 5.32 Å². The summed E-state index contributed by atoms with van der Waals surface area (Å²) in [4.78, 5) is 16.4. The quantitative estimate of drug-likeness (QED) is 0.872. The van der Waals surface area contributed by atoms with Gasteiger partial charge in [-0.05, 0) is 32.2 Å².